The quantitative estimate of drug-likeness (QED) is 0.140. The Kier molecular flexibility index (Phi) is 7.71. The first-order valence-electron chi connectivity index (χ1n) is 12.8. The third-order valence-corrected chi connectivity index (χ3v) is 8.44. The van der Waals surface area contributed by atoms with Crippen LogP contribution in [-0.2, 0) is 39.0 Å². The Balaban J connectivity index is 1.31. The molecule has 0 saturated heterocycles. The number of nitrogens with one attached hydrogen (secondary N) is 2. The molecule has 2 aliphatic rings. The van der Waals surface area contributed by atoms with Crippen LogP contribution < -0.4 is 25.4 Å². The number of oxime groups is 1. The van der Waals surface area contributed by atoms with E-state index in [0.29, 0.717) is 36.4 Å². The lowest BCUT2D eigenvalue weighted by Crippen LogP contribution is -2.50. The summed E-state index contributed by atoms with van der Waals surface area (Å²) in [5, 5.41) is 14.6. The molecule has 3 aromatic carbocycles. The molecular formula is C28H29N5O6S. The number of aryl methyl sites for hydroxylation is 1. The molecule has 0 aromatic heterocycles. The van der Waals surface area contributed by atoms with E-state index in [9.17, 15) is 18.0 Å². The molecule has 208 valence electrons. The van der Waals surface area contributed by atoms with E-state index in [4.69, 9.17) is 15.7 Å². The predicted octanol–water partition coefficient (Wildman–Crippen LogP) is 1.66. The Morgan fingerprint density at radius 1 is 1.07 bits per heavy atom. The Labute approximate surface area is 231 Å². The van der Waals surface area contributed by atoms with E-state index in [1.54, 1.807) is 48.5 Å². The van der Waals surface area contributed by atoms with Gasteiger partial charge in [-0.1, -0.05) is 47.6 Å². The number of amides is 2. The number of hydrogen-bond acceptors (Lipinski definition) is 7. The van der Waals surface area contributed by atoms with E-state index in [2.05, 4.69) is 15.2 Å². The van der Waals surface area contributed by atoms with E-state index in [0.717, 1.165) is 16.7 Å². The highest BCUT2D eigenvalue weighted by molar-refractivity contribution is 7.89. The summed E-state index contributed by atoms with van der Waals surface area (Å²) in [6, 6.07) is 17.6. The zero-order valence-electron chi connectivity index (χ0n) is 21.5. The fourth-order valence-electron chi connectivity index (χ4n) is 4.82. The zero-order chi connectivity index (χ0) is 28.3. The van der Waals surface area contributed by atoms with Gasteiger partial charge >= 0.3 is 0 Å². The van der Waals surface area contributed by atoms with Crippen molar-refractivity contribution in [1.29, 1.82) is 0 Å². The molecule has 5 N–H and O–H groups in total. The number of fused-ring (bicyclic) bond motifs is 2. The maximum Gasteiger partial charge on any atom is 0.245 e. The number of carbonyl (C=O) groups excluding carboxylic acids is 2. The lowest BCUT2D eigenvalue weighted by Gasteiger charge is -2.26. The highest BCUT2D eigenvalue weighted by Crippen LogP contribution is 2.30. The molecule has 0 fully saturated rings. The van der Waals surface area contributed by atoms with Gasteiger partial charge in [0.25, 0.3) is 0 Å². The van der Waals surface area contributed by atoms with Gasteiger partial charge in [0.1, 0.15) is 18.3 Å². The van der Waals surface area contributed by atoms with Gasteiger partial charge in [0, 0.05) is 24.2 Å². The van der Waals surface area contributed by atoms with Crippen LogP contribution in [0.5, 0.6) is 5.75 Å². The Morgan fingerprint density at radius 3 is 2.62 bits per heavy atom. The van der Waals surface area contributed by atoms with Gasteiger partial charge in [0.2, 0.25) is 21.8 Å². The van der Waals surface area contributed by atoms with Gasteiger partial charge in [-0.15, -0.1) is 0 Å². The summed E-state index contributed by atoms with van der Waals surface area (Å²) in [6.07, 6.45) is 1.32. The fraction of sp³-hybridized carbons (Fsp3) is 0.250. The van der Waals surface area contributed by atoms with Gasteiger partial charge in [-0.3, -0.25) is 9.59 Å². The molecule has 1 atom stereocenters. The van der Waals surface area contributed by atoms with Crippen LogP contribution in [0.15, 0.2) is 76.8 Å². The fourth-order valence-corrected chi connectivity index (χ4v) is 6.10. The molecule has 0 aliphatic carbocycles. The first-order chi connectivity index (χ1) is 19.2. The van der Waals surface area contributed by atoms with E-state index < -0.39 is 27.9 Å². The molecule has 5 rings (SSSR count). The first kappa shape index (κ1) is 27.2. The number of anilines is 1. The molecule has 11 nitrogen and oxygen atoms in total. The molecule has 0 saturated carbocycles. The number of rotatable bonds is 8. The number of amidine groups is 1. The summed E-state index contributed by atoms with van der Waals surface area (Å²) >= 11 is 0. The van der Waals surface area contributed by atoms with Crippen molar-refractivity contribution in [3.05, 3.63) is 89.0 Å². The van der Waals surface area contributed by atoms with Crippen molar-refractivity contribution in [3.8, 4) is 5.75 Å². The first-order valence-corrected chi connectivity index (χ1v) is 14.2. The van der Waals surface area contributed by atoms with Crippen molar-refractivity contribution in [2.45, 2.75) is 36.7 Å². The van der Waals surface area contributed by atoms with E-state index in [1.165, 1.54) is 11.0 Å². The minimum absolute atomic E-state index is 0.0238. The third-order valence-electron chi connectivity index (χ3n) is 6.97. The van der Waals surface area contributed by atoms with Crippen LogP contribution in [0, 0.1) is 0 Å². The van der Waals surface area contributed by atoms with Crippen LogP contribution in [0.3, 0.4) is 0 Å². The van der Waals surface area contributed by atoms with E-state index in [-0.39, 0.29) is 30.2 Å². The predicted molar refractivity (Wildman–Crippen MR) is 148 cm³/mol. The summed E-state index contributed by atoms with van der Waals surface area (Å²) in [4.78, 5) is 28.1. The SMILES string of the molecule is NC(=NO)c1ccc(CNC(=O)CN2C(=O)[C@@H](NS(=O)(=O)c3ccc4c(c3)CCO4)CCc3ccccc32)cc1. The highest BCUT2D eigenvalue weighted by Gasteiger charge is 2.34. The largest absolute Gasteiger partial charge is 0.493 e. The van der Waals surface area contributed by atoms with Crippen LogP contribution in [-0.4, -0.2) is 50.5 Å². The van der Waals surface area contributed by atoms with Crippen LogP contribution in [0.4, 0.5) is 5.69 Å². The number of nitrogens with zero attached hydrogens (tertiary/aromatic N) is 2. The average Bonchev–Trinajstić information content (AvgIpc) is 3.40. The van der Waals surface area contributed by atoms with Crippen LogP contribution in [0.1, 0.15) is 28.7 Å². The minimum Gasteiger partial charge on any atom is -0.493 e. The van der Waals surface area contributed by atoms with E-state index >= 15 is 0 Å². The highest BCUT2D eigenvalue weighted by atomic mass is 32.2. The average molecular weight is 564 g/mol. The van der Waals surface area contributed by atoms with Crippen LogP contribution in [0.2, 0.25) is 0 Å². The van der Waals surface area contributed by atoms with E-state index in [1.807, 2.05) is 12.1 Å². The second-order valence-corrected chi connectivity index (χ2v) is 11.3. The molecule has 40 heavy (non-hydrogen) atoms. The lowest BCUT2D eigenvalue weighted by molar-refractivity contribution is -0.124. The lowest BCUT2D eigenvalue weighted by atomic mass is 10.1. The van der Waals surface area contributed by atoms with Gasteiger partial charge in [-0.2, -0.15) is 4.72 Å². The van der Waals surface area contributed by atoms with Crippen LogP contribution >= 0.6 is 0 Å². The molecule has 0 bridgehead atoms. The topological polar surface area (TPSA) is 163 Å². The van der Waals surface area contributed by atoms with Gasteiger partial charge in [0.15, 0.2) is 5.84 Å². The number of nitrogens with two attached hydrogens (primary N) is 1. The standard InChI is InChI=1S/C28H29N5O6S/c29-27(31-36)20-7-5-18(6-8-20)16-30-26(34)17-33-24-4-2-1-3-19(24)9-11-23(28(33)35)32-40(37,38)22-10-12-25-21(15-22)13-14-39-25/h1-8,10,12,15,23,32,36H,9,11,13-14,16-17H2,(H2,29,31)(H,30,34)/t23-/m0/s1. The van der Waals surface area contributed by atoms with Crippen molar-refractivity contribution in [2.24, 2.45) is 10.9 Å². The van der Waals surface area contributed by atoms with Gasteiger partial charge in [0.05, 0.1) is 11.5 Å². The van der Waals surface area contributed by atoms with Crippen molar-refractivity contribution in [3.63, 3.8) is 0 Å². The molecule has 0 unspecified atom stereocenters. The summed E-state index contributed by atoms with van der Waals surface area (Å²) in [5.41, 5.74) is 9.12. The number of para-hydroxylation sites is 1. The smallest absolute Gasteiger partial charge is 0.245 e. The molecule has 2 heterocycles. The molecule has 3 aromatic rings. The summed E-state index contributed by atoms with van der Waals surface area (Å²) < 4.78 is 34.6. The molecule has 0 spiro atoms. The van der Waals surface area contributed by atoms with Crippen molar-refractivity contribution >= 4 is 33.4 Å². The molecule has 12 heteroatoms. The summed E-state index contributed by atoms with van der Waals surface area (Å²) in [5.74, 6) is -0.275. The Morgan fingerprint density at radius 2 is 1.85 bits per heavy atom. The zero-order valence-corrected chi connectivity index (χ0v) is 22.4. The number of hydrogen-bond donors (Lipinski definition) is 4. The van der Waals surface area contributed by atoms with Crippen molar-refractivity contribution < 1.29 is 28.0 Å². The van der Waals surface area contributed by atoms with Crippen LogP contribution in [0.25, 0.3) is 0 Å². The van der Waals surface area contributed by atoms with Gasteiger partial charge in [-0.25, -0.2) is 8.42 Å². The second kappa shape index (κ2) is 11.4. The molecule has 2 aliphatic heterocycles. The molecular weight excluding hydrogens is 534 g/mol. The normalized spacial score (nSPS) is 17.0. The third kappa shape index (κ3) is 5.77. The van der Waals surface area contributed by atoms with Gasteiger partial charge in [-0.05, 0) is 53.8 Å². The Hall–Kier alpha value is -4.42. The Bertz CT molecular complexity index is 1570. The number of sulfonamides is 1. The molecule has 2 amide bonds. The van der Waals surface area contributed by atoms with Gasteiger partial charge < -0.3 is 25.9 Å². The number of benzene rings is 3. The van der Waals surface area contributed by atoms with Crippen molar-refractivity contribution in [2.75, 3.05) is 18.1 Å². The maximum absolute atomic E-state index is 13.7. The second-order valence-electron chi connectivity index (χ2n) is 9.59. The minimum atomic E-state index is -4.01. The molecule has 0 radical (unpaired) electrons. The summed E-state index contributed by atoms with van der Waals surface area (Å²) in [6.45, 7) is 0.407. The summed E-state index contributed by atoms with van der Waals surface area (Å²) in [7, 11) is -4.01. The maximum atomic E-state index is 13.7. The monoisotopic (exact) mass is 563 g/mol. The number of carbonyl (C=O) groups is 2. The van der Waals surface area contributed by atoms with Crippen molar-refractivity contribution in [1.82, 2.24) is 10.0 Å². The number of ether oxygens (including phenoxy) is 1.